The van der Waals surface area contributed by atoms with Gasteiger partial charge in [0.1, 0.15) is 11.4 Å². The van der Waals surface area contributed by atoms with Gasteiger partial charge in [0.25, 0.3) is 0 Å². The second-order valence-electron chi connectivity index (χ2n) is 13.9. The monoisotopic (exact) mass is 583 g/mol. The summed E-state index contributed by atoms with van der Waals surface area (Å²) in [4.78, 5) is 30.5. The molecule has 2 aromatic carbocycles. The summed E-state index contributed by atoms with van der Waals surface area (Å²) in [6.07, 6.45) is 0.606. The van der Waals surface area contributed by atoms with Crippen molar-refractivity contribution in [3.8, 4) is 11.4 Å². The quantitative estimate of drug-likeness (QED) is 0.315. The number of carbonyl (C=O) groups is 1. The van der Waals surface area contributed by atoms with Crippen LogP contribution in [0, 0.1) is 20.8 Å². The zero-order valence-corrected chi connectivity index (χ0v) is 27.8. The first-order chi connectivity index (χ1) is 20.2. The molecule has 1 saturated heterocycles. The van der Waals surface area contributed by atoms with Crippen LogP contribution >= 0.6 is 0 Å². The van der Waals surface area contributed by atoms with E-state index in [1.807, 2.05) is 25.7 Å². The van der Waals surface area contributed by atoms with Gasteiger partial charge in [-0.15, -0.1) is 0 Å². The van der Waals surface area contributed by atoms with E-state index in [0.29, 0.717) is 19.0 Å². The lowest BCUT2D eigenvalue weighted by atomic mass is 9.97. The molecule has 0 spiro atoms. The van der Waals surface area contributed by atoms with Crippen LogP contribution in [-0.2, 0) is 17.7 Å². The third-order valence-electron chi connectivity index (χ3n) is 8.87. The highest BCUT2D eigenvalue weighted by molar-refractivity contribution is 5.71. The number of carbonyl (C=O) groups excluding carboxylic acids is 1. The molecule has 7 heteroatoms. The first kappa shape index (κ1) is 30.8. The highest BCUT2D eigenvalue weighted by Crippen LogP contribution is 2.37. The second kappa shape index (κ2) is 11.8. The molecule has 1 amide bonds. The van der Waals surface area contributed by atoms with Crippen LogP contribution in [0.15, 0.2) is 36.4 Å². The van der Waals surface area contributed by atoms with Crippen molar-refractivity contribution in [2.24, 2.45) is 0 Å². The fourth-order valence-electron chi connectivity index (χ4n) is 6.44. The molecule has 5 rings (SSSR count). The number of hydrogen-bond donors (Lipinski definition) is 0. The van der Waals surface area contributed by atoms with Crippen molar-refractivity contribution in [1.82, 2.24) is 14.9 Å². The molecule has 0 bridgehead atoms. The molecule has 3 aromatic rings. The van der Waals surface area contributed by atoms with E-state index < -0.39 is 5.60 Å². The Balaban J connectivity index is 1.57. The molecule has 1 fully saturated rings. The van der Waals surface area contributed by atoms with Crippen molar-refractivity contribution in [2.75, 3.05) is 29.4 Å². The number of anilines is 2. The molecular weight excluding hydrogens is 534 g/mol. The molecule has 0 N–H and O–H groups in total. The largest absolute Gasteiger partial charge is 0.444 e. The predicted molar refractivity (Wildman–Crippen MR) is 176 cm³/mol. The smallest absolute Gasteiger partial charge is 0.410 e. The summed E-state index contributed by atoms with van der Waals surface area (Å²) >= 11 is 0. The van der Waals surface area contributed by atoms with E-state index in [0.717, 1.165) is 42.4 Å². The molecule has 2 atom stereocenters. The van der Waals surface area contributed by atoms with E-state index in [4.69, 9.17) is 14.7 Å². The Labute approximate surface area is 258 Å². The molecular formula is C36H49N5O2. The Morgan fingerprint density at radius 3 is 2.30 bits per heavy atom. The topological polar surface area (TPSA) is 61.8 Å². The van der Waals surface area contributed by atoms with Crippen LogP contribution in [0.5, 0.6) is 0 Å². The summed E-state index contributed by atoms with van der Waals surface area (Å²) in [6.45, 7) is 24.0. The van der Waals surface area contributed by atoms with E-state index in [-0.39, 0.29) is 18.2 Å². The van der Waals surface area contributed by atoms with Crippen LogP contribution < -0.4 is 9.80 Å². The van der Waals surface area contributed by atoms with Crippen LogP contribution in [0.1, 0.15) is 87.9 Å². The molecule has 2 aliphatic heterocycles. The molecule has 3 heterocycles. The highest BCUT2D eigenvalue weighted by atomic mass is 16.6. The van der Waals surface area contributed by atoms with E-state index in [9.17, 15) is 4.79 Å². The molecule has 0 aliphatic carbocycles. The van der Waals surface area contributed by atoms with Crippen LogP contribution in [-0.4, -0.2) is 58.3 Å². The van der Waals surface area contributed by atoms with E-state index in [2.05, 4.69) is 94.7 Å². The minimum absolute atomic E-state index is 0.0232. The van der Waals surface area contributed by atoms with E-state index in [1.165, 1.54) is 33.5 Å². The van der Waals surface area contributed by atoms with Gasteiger partial charge in [-0.1, -0.05) is 44.2 Å². The first-order valence-corrected chi connectivity index (χ1v) is 15.8. The zero-order chi connectivity index (χ0) is 31.2. The fraction of sp³-hybridized carbons (Fsp3) is 0.528. The van der Waals surface area contributed by atoms with Gasteiger partial charge >= 0.3 is 6.09 Å². The minimum Gasteiger partial charge on any atom is -0.444 e. The minimum atomic E-state index is -0.530. The maximum absolute atomic E-state index is 13.1. The lowest BCUT2D eigenvalue weighted by molar-refractivity contribution is 0.0129. The first-order valence-electron chi connectivity index (χ1n) is 15.8. The number of ether oxygens (including phenoxy) is 1. The number of hydrogen-bond acceptors (Lipinski definition) is 6. The molecule has 1 aromatic heterocycles. The van der Waals surface area contributed by atoms with Crippen LogP contribution in [0.3, 0.4) is 0 Å². The second-order valence-corrected chi connectivity index (χ2v) is 13.9. The lowest BCUT2D eigenvalue weighted by Crippen LogP contribution is -2.59. The number of aromatic nitrogens is 2. The summed E-state index contributed by atoms with van der Waals surface area (Å²) < 4.78 is 5.77. The van der Waals surface area contributed by atoms with Crippen molar-refractivity contribution >= 4 is 17.6 Å². The summed E-state index contributed by atoms with van der Waals surface area (Å²) in [5, 5.41) is 0. The number of fused-ring (bicyclic) bond motifs is 1. The standard InChI is InChI=1S/C36H49N5O2/c1-22(2)28-15-14-23(3)31(18-28)39-17-16-30-29(21-39)34(38-33(37-30)32-24(4)12-11-13-25(32)5)40-19-27(7)41(20-26(40)6)35(42)43-36(8,9)10/h11-15,18,22,26-27H,16-17,19-21H2,1-10H3/t26-,27+/m0/s1. The van der Waals surface area contributed by atoms with Gasteiger partial charge in [0.05, 0.1) is 5.69 Å². The van der Waals surface area contributed by atoms with Gasteiger partial charge in [0.15, 0.2) is 5.82 Å². The van der Waals surface area contributed by atoms with Gasteiger partial charge in [0.2, 0.25) is 0 Å². The van der Waals surface area contributed by atoms with Crippen molar-refractivity contribution < 1.29 is 9.53 Å². The average molecular weight is 584 g/mol. The van der Waals surface area contributed by atoms with Crippen molar-refractivity contribution in [2.45, 2.75) is 106 Å². The number of rotatable bonds is 4. The number of benzene rings is 2. The molecule has 7 nitrogen and oxygen atoms in total. The van der Waals surface area contributed by atoms with Crippen molar-refractivity contribution in [3.63, 3.8) is 0 Å². The number of aryl methyl sites for hydroxylation is 3. The summed E-state index contributed by atoms with van der Waals surface area (Å²) in [5.74, 6) is 2.26. The molecule has 2 aliphatic rings. The SMILES string of the molecule is Cc1ccc(C(C)C)cc1N1CCc2nc(-c3c(C)cccc3C)nc(N3C[C@@H](C)N(C(=O)OC(C)(C)C)C[C@@H]3C)c2C1. The Kier molecular flexibility index (Phi) is 8.47. The maximum Gasteiger partial charge on any atom is 0.410 e. The predicted octanol–water partition coefficient (Wildman–Crippen LogP) is 7.59. The van der Waals surface area contributed by atoms with Gasteiger partial charge < -0.3 is 19.4 Å². The third kappa shape index (κ3) is 6.36. The summed E-state index contributed by atoms with van der Waals surface area (Å²) in [7, 11) is 0. The lowest BCUT2D eigenvalue weighted by Gasteiger charge is -2.46. The normalized spacial score (nSPS) is 19.1. The van der Waals surface area contributed by atoms with Gasteiger partial charge in [-0.3, -0.25) is 0 Å². The molecule has 0 saturated carbocycles. The zero-order valence-electron chi connectivity index (χ0n) is 27.8. The number of nitrogens with zero attached hydrogens (tertiary/aromatic N) is 5. The Hall–Kier alpha value is -3.61. The highest BCUT2D eigenvalue weighted by Gasteiger charge is 2.37. The van der Waals surface area contributed by atoms with E-state index >= 15 is 0 Å². The van der Waals surface area contributed by atoms with Gasteiger partial charge in [-0.05, 0) is 89.6 Å². The van der Waals surface area contributed by atoms with Crippen molar-refractivity contribution in [3.05, 3.63) is 69.9 Å². The Bertz CT molecular complexity index is 1490. The summed E-state index contributed by atoms with van der Waals surface area (Å²) in [5.41, 5.74) is 9.20. The molecule has 43 heavy (non-hydrogen) atoms. The van der Waals surface area contributed by atoms with Gasteiger partial charge in [-0.25, -0.2) is 14.8 Å². The number of amides is 1. The van der Waals surface area contributed by atoms with Crippen molar-refractivity contribution in [1.29, 1.82) is 0 Å². The van der Waals surface area contributed by atoms with Gasteiger partial charge in [-0.2, -0.15) is 0 Å². The molecule has 230 valence electrons. The number of piperazine rings is 1. The van der Waals surface area contributed by atoms with Crippen LogP contribution in [0.2, 0.25) is 0 Å². The molecule has 0 radical (unpaired) electrons. The Morgan fingerprint density at radius 2 is 1.65 bits per heavy atom. The summed E-state index contributed by atoms with van der Waals surface area (Å²) in [6, 6.07) is 13.3. The van der Waals surface area contributed by atoms with E-state index in [1.54, 1.807) is 0 Å². The van der Waals surface area contributed by atoms with Gasteiger partial charge in [0, 0.05) is 61.5 Å². The fourth-order valence-corrected chi connectivity index (χ4v) is 6.44. The van der Waals surface area contributed by atoms with Crippen LogP contribution in [0.4, 0.5) is 16.3 Å². The Morgan fingerprint density at radius 1 is 0.953 bits per heavy atom. The maximum atomic E-state index is 13.1. The average Bonchev–Trinajstić information content (AvgIpc) is 2.92. The molecule has 0 unspecified atom stereocenters. The third-order valence-corrected chi connectivity index (χ3v) is 8.87. The van der Waals surface area contributed by atoms with Crippen LogP contribution in [0.25, 0.3) is 11.4 Å².